The summed E-state index contributed by atoms with van der Waals surface area (Å²) in [5, 5.41) is 12.0. The third kappa shape index (κ3) is 4.73. The summed E-state index contributed by atoms with van der Waals surface area (Å²) in [5.74, 6) is -1.51. The molecule has 0 bridgehead atoms. The molecule has 1 amide bonds. The second kappa shape index (κ2) is 9.43. The van der Waals surface area contributed by atoms with Crippen molar-refractivity contribution in [2.24, 2.45) is 0 Å². The minimum atomic E-state index is -1.01. The van der Waals surface area contributed by atoms with E-state index in [1.165, 1.54) is 18.2 Å². The molecule has 33 heavy (non-hydrogen) atoms. The maximum absolute atomic E-state index is 13.7. The summed E-state index contributed by atoms with van der Waals surface area (Å²) in [7, 11) is 0. The number of carbonyl (C=O) groups is 2. The third-order valence-corrected chi connectivity index (χ3v) is 5.92. The summed E-state index contributed by atoms with van der Waals surface area (Å²) in [6.45, 7) is 2.48. The molecular weight excluding hydrogens is 441 g/mol. The van der Waals surface area contributed by atoms with E-state index in [-0.39, 0.29) is 5.91 Å². The molecule has 0 saturated carbocycles. The van der Waals surface area contributed by atoms with Crippen LogP contribution in [-0.2, 0) is 11.3 Å². The van der Waals surface area contributed by atoms with Gasteiger partial charge in [0, 0.05) is 18.2 Å². The summed E-state index contributed by atoms with van der Waals surface area (Å²) < 4.78 is 13.7. The second-order valence-electron chi connectivity index (χ2n) is 7.68. The Hall–Kier alpha value is -3.70. The highest BCUT2D eigenvalue weighted by Gasteiger charge is 2.21. The molecule has 6 heteroatoms. The summed E-state index contributed by atoms with van der Waals surface area (Å²) in [5.41, 5.74) is 6.73. The zero-order valence-corrected chi connectivity index (χ0v) is 18.6. The maximum atomic E-state index is 13.7. The summed E-state index contributed by atoms with van der Waals surface area (Å²) in [4.78, 5) is 22.9. The van der Waals surface area contributed by atoms with Gasteiger partial charge in [-0.3, -0.25) is 4.79 Å². The van der Waals surface area contributed by atoms with E-state index in [2.05, 4.69) is 5.32 Å². The van der Waals surface area contributed by atoms with Gasteiger partial charge < -0.3 is 10.4 Å². The lowest BCUT2D eigenvalue weighted by atomic mass is 9.87. The number of halogens is 2. The number of amides is 1. The van der Waals surface area contributed by atoms with Crippen molar-refractivity contribution in [1.82, 2.24) is 5.32 Å². The first-order valence-corrected chi connectivity index (χ1v) is 10.9. The average Bonchev–Trinajstić information content (AvgIpc) is 3.17. The number of rotatable bonds is 6. The Balaban J connectivity index is 1.91. The van der Waals surface area contributed by atoms with Crippen LogP contribution >= 0.6 is 11.6 Å². The SMILES string of the molecule is CCC(=C(c1ccc(C=CC(=O)O)cc1)c1ccc2c(c1)CNC2=O)c1ccc(F)cc1Cl. The molecule has 0 aliphatic carbocycles. The Bertz CT molecular complexity index is 1310. The van der Waals surface area contributed by atoms with Crippen LogP contribution in [-0.4, -0.2) is 17.0 Å². The molecule has 3 aromatic carbocycles. The number of aliphatic carboxylic acids is 1. The molecule has 4 rings (SSSR count). The van der Waals surface area contributed by atoms with E-state index >= 15 is 0 Å². The average molecular weight is 462 g/mol. The first-order valence-electron chi connectivity index (χ1n) is 10.5. The van der Waals surface area contributed by atoms with Crippen molar-refractivity contribution < 1.29 is 19.1 Å². The minimum absolute atomic E-state index is 0.0889. The number of fused-ring (bicyclic) bond motifs is 1. The number of carboxylic acid groups (broad SMARTS) is 1. The lowest BCUT2D eigenvalue weighted by Crippen LogP contribution is -2.12. The van der Waals surface area contributed by atoms with Gasteiger partial charge in [0.05, 0.1) is 5.02 Å². The lowest BCUT2D eigenvalue weighted by Gasteiger charge is -2.18. The van der Waals surface area contributed by atoms with E-state index in [4.69, 9.17) is 16.7 Å². The highest BCUT2D eigenvalue weighted by atomic mass is 35.5. The van der Waals surface area contributed by atoms with Gasteiger partial charge in [0.2, 0.25) is 0 Å². The van der Waals surface area contributed by atoms with Crippen LogP contribution in [0.3, 0.4) is 0 Å². The monoisotopic (exact) mass is 461 g/mol. The highest BCUT2D eigenvalue weighted by Crippen LogP contribution is 2.38. The number of carboxylic acids is 1. The zero-order valence-electron chi connectivity index (χ0n) is 17.9. The van der Waals surface area contributed by atoms with Gasteiger partial charge in [-0.2, -0.15) is 0 Å². The predicted molar refractivity (Wildman–Crippen MR) is 128 cm³/mol. The van der Waals surface area contributed by atoms with Crippen molar-refractivity contribution in [3.05, 3.63) is 111 Å². The summed E-state index contributed by atoms with van der Waals surface area (Å²) >= 11 is 6.44. The lowest BCUT2D eigenvalue weighted by molar-refractivity contribution is -0.131. The van der Waals surface area contributed by atoms with Gasteiger partial charge in [-0.15, -0.1) is 0 Å². The number of benzene rings is 3. The number of carbonyl (C=O) groups excluding carboxylic acids is 1. The molecule has 0 aromatic heterocycles. The van der Waals surface area contributed by atoms with Crippen molar-refractivity contribution in [2.45, 2.75) is 19.9 Å². The molecule has 2 N–H and O–H groups in total. The molecule has 1 aliphatic heterocycles. The minimum Gasteiger partial charge on any atom is -0.478 e. The Labute approximate surface area is 196 Å². The number of hydrogen-bond donors (Lipinski definition) is 2. The van der Waals surface area contributed by atoms with E-state index in [9.17, 15) is 14.0 Å². The van der Waals surface area contributed by atoms with E-state index < -0.39 is 11.8 Å². The zero-order chi connectivity index (χ0) is 23.5. The number of allylic oxidation sites excluding steroid dienone is 1. The van der Waals surface area contributed by atoms with Gasteiger partial charge in [-0.25, -0.2) is 9.18 Å². The highest BCUT2D eigenvalue weighted by molar-refractivity contribution is 6.32. The third-order valence-electron chi connectivity index (χ3n) is 5.61. The maximum Gasteiger partial charge on any atom is 0.328 e. The van der Waals surface area contributed by atoms with Crippen molar-refractivity contribution in [3.8, 4) is 0 Å². The molecule has 3 aromatic rings. The second-order valence-corrected chi connectivity index (χ2v) is 8.09. The fourth-order valence-corrected chi connectivity index (χ4v) is 4.35. The van der Waals surface area contributed by atoms with Crippen LogP contribution in [0.2, 0.25) is 5.02 Å². The molecule has 0 saturated heterocycles. The van der Waals surface area contributed by atoms with E-state index in [0.717, 1.165) is 45.0 Å². The van der Waals surface area contributed by atoms with E-state index in [1.807, 2.05) is 49.4 Å². The molecule has 166 valence electrons. The van der Waals surface area contributed by atoms with Gasteiger partial charge in [-0.05, 0) is 75.7 Å². The van der Waals surface area contributed by atoms with Crippen molar-refractivity contribution in [1.29, 1.82) is 0 Å². The topological polar surface area (TPSA) is 66.4 Å². The van der Waals surface area contributed by atoms with Crippen molar-refractivity contribution in [2.75, 3.05) is 0 Å². The molecule has 0 radical (unpaired) electrons. The molecule has 4 nitrogen and oxygen atoms in total. The molecule has 0 unspecified atom stereocenters. The Morgan fingerprint density at radius 3 is 2.48 bits per heavy atom. The smallest absolute Gasteiger partial charge is 0.328 e. The summed E-state index contributed by atoms with van der Waals surface area (Å²) in [6.07, 6.45) is 3.25. The largest absolute Gasteiger partial charge is 0.478 e. The van der Waals surface area contributed by atoms with E-state index in [1.54, 1.807) is 6.07 Å². The van der Waals surface area contributed by atoms with Crippen LogP contribution in [0.1, 0.15) is 51.5 Å². The number of nitrogens with one attached hydrogen (secondary N) is 1. The van der Waals surface area contributed by atoms with Gasteiger partial charge >= 0.3 is 5.97 Å². The number of hydrogen-bond acceptors (Lipinski definition) is 2. The molecular formula is C27H21ClFNO3. The van der Waals surface area contributed by atoms with Crippen molar-refractivity contribution >= 4 is 40.7 Å². The van der Waals surface area contributed by atoms with E-state index in [0.29, 0.717) is 23.6 Å². The van der Waals surface area contributed by atoms with Crippen LogP contribution in [0.4, 0.5) is 4.39 Å². The van der Waals surface area contributed by atoms with Gasteiger partial charge in [0.1, 0.15) is 5.82 Å². The van der Waals surface area contributed by atoms with Crippen LogP contribution in [0.5, 0.6) is 0 Å². The fourth-order valence-electron chi connectivity index (χ4n) is 4.07. The standard InChI is InChI=1S/C27H21ClFNO3/c1-2-21(23-11-9-20(29)14-24(23)28)26(17-6-3-16(4-7-17)5-12-25(31)32)18-8-10-22-19(13-18)15-30-27(22)33/h3-14H,2,15H2,1H3,(H,30,33)(H,31,32). The Morgan fingerprint density at radius 2 is 1.82 bits per heavy atom. The Kier molecular flexibility index (Phi) is 6.43. The first-order chi connectivity index (χ1) is 15.9. The van der Waals surface area contributed by atoms with Gasteiger partial charge in [-0.1, -0.05) is 54.9 Å². The first kappa shape index (κ1) is 22.5. The van der Waals surface area contributed by atoms with Crippen LogP contribution in [0.25, 0.3) is 17.2 Å². The molecule has 1 heterocycles. The quantitative estimate of drug-likeness (QED) is 0.340. The summed E-state index contributed by atoms with van der Waals surface area (Å²) in [6, 6.07) is 17.6. The normalized spacial score (nSPS) is 13.6. The Morgan fingerprint density at radius 1 is 1.09 bits per heavy atom. The van der Waals surface area contributed by atoms with Crippen LogP contribution in [0.15, 0.2) is 66.7 Å². The van der Waals surface area contributed by atoms with Crippen molar-refractivity contribution in [3.63, 3.8) is 0 Å². The predicted octanol–water partition coefficient (Wildman–Crippen LogP) is 6.19. The molecule has 0 spiro atoms. The van der Waals surface area contributed by atoms with Crippen LogP contribution in [0, 0.1) is 5.82 Å². The molecule has 0 fully saturated rings. The van der Waals surface area contributed by atoms with Gasteiger partial charge in [0.25, 0.3) is 5.91 Å². The van der Waals surface area contributed by atoms with Gasteiger partial charge in [0.15, 0.2) is 0 Å². The molecule has 0 atom stereocenters. The van der Waals surface area contributed by atoms with Crippen LogP contribution < -0.4 is 5.32 Å². The molecule has 1 aliphatic rings. The fraction of sp³-hybridized carbons (Fsp3) is 0.111.